The van der Waals surface area contributed by atoms with Crippen molar-refractivity contribution in [3.05, 3.63) is 95.9 Å². The number of rotatable bonds is 41. The van der Waals surface area contributed by atoms with Gasteiger partial charge in [-0.2, -0.15) is 10.1 Å². The van der Waals surface area contributed by atoms with Gasteiger partial charge in [0.2, 0.25) is 5.79 Å². The molecule has 0 radical (unpaired) electrons. The number of methoxy groups -OCH3 is 3. The average molecular weight is 1750 g/mol. The maximum absolute atomic E-state index is 14.8. The Kier molecular flexibility index (Phi) is 42.0. The van der Waals surface area contributed by atoms with Crippen molar-refractivity contribution in [2.45, 2.75) is 225 Å². The van der Waals surface area contributed by atoms with Gasteiger partial charge < -0.3 is 102 Å². The maximum Gasteiger partial charge on any atom is 0.329 e. The summed E-state index contributed by atoms with van der Waals surface area (Å²) in [7, 11) is 4.54. The largest absolute Gasteiger partial charge is 0.460 e. The number of nitrogen functional groups attached to an aromatic ring is 2. The lowest BCUT2D eigenvalue weighted by Gasteiger charge is -2.43. The van der Waals surface area contributed by atoms with Gasteiger partial charge in [0.25, 0.3) is 17.7 Å². The number of benzene rings is 1. The molecule has 3 fully saturated rings. The summed E-state index contributed by atoms with van der Waals surface area (Å²) in [6.45, 7) is 19.2. The number of esters is 2. The second kappa shape index (κ2) is 52.2. The second-order valence-electron chi connectivity index (χ2n) is 33.3. The first-order chi connectivity index (χ1) is 60.3. The number of carbonyl (C=O) groups is 6. The maximum atomic E-state index is 14.8. The Hall–Kier alpha value is -8.30. The molecule has 692 valence electrons. The number of nitrogens with two attached hydrogens (primary N) is 2. The Bertz CT molecular complexity index is 4310. The van der Waals surface area contributed by atoms with Crippen LogP contribution in [-0.4, -0.2) is 284 Å². The lowest BCUT2D eigenvalue weighted by molar-refractivity contribution is -0.265. The van der Waals surface area contributed by atoms with Crippen molar-refractivity contribution in [2.75, 3.05) is 145 Å². The normalized spacial score (nSPS) is 27.3. The summed E-state index contributed by atoms with van der Waals surface area (Å²) in [5.41, 5.74) is 17.1. The molecule has 5 aromatic rings. The van der Waals surface area contributed by atoms with Crippen molar-refractivity contribution < 1.29 is 115 Å². The highest BCUT2D eigenvalue weighted by Gasteiger charge is 2.53. The Labute approximate surface area is 732 Å². The number of ketones is 3. The number of cyclic esters (lactones) is 1. The number of nitrogens with zero attached hydrogens (tertiary/aromatic N) is 8. The molecule has 0 spiro atoms. The van der Waals surface area contributed by atoms with Gasteiger partial charge in [-0.25, -0.2) is 29.4 Å². The van der Waals surface area contributed by atoms with E-state index in [4.69, 9.17) is 87.3 Å². The zero-order valence-corrected chi connectivity index (χ0v) is 74.5. The smallest absolute Gasteiger partial charge is 0.329 e. The van der Waals surface area contributed by atoms with Crippen LogP contribution >= 0.6 is 0 Å². The minimum absolute atomic E-state index is 0.00592. The molecule has 7 N–H and O–H groups in total. The minimum atomic E-state index is -2.47. The van der Waals surface area contributed by atoms with E-state index in [1.165, 1.54) is 18.3 Å². The molecule has 7 heterocycles. The van der Waals surface area contributed by atoms with Crippen LogP contribution in [0.2, 0.25) is 0 Å². The predicted octanol–water partition coefficient (Wildman–Crippen LogP) is 8.98. The molecular formula is C91H134N10O24. The number of aryl methyl sites for hydroxylation is 1. The molecular weight excluding hydrogens is 1620 g/mol. The summed E-state index contributed by atoms with van der Waals surface area (Å²) >= 11 is 0. The van der Waals surface area contributed by atoms with Crippen LogP contribution < -0.4 is 11.5 Å². The van der Waals surface area contributed by atoms with Crippen molar-refractivity contribution in [1.29, 1.82) is 0 Å². The predicted molar refractivity (Wildman–Crippen MR) is 462 cm³/mol. The summed E-state index contributed by atoms with van der Waals surface area (Å²) in [6, 6.07) is 4.33. The Morgan fingerprint density at radius 3 is 1.99 bits per heavy atom. The molecule has 0 unspecified atom stereocenters. The van der Waals surface area contributed by atoms with Crippen LogP contribution in [0.25, 0.3) is 33.4 Å². The summed E-state index contributed by atoms with van der Waals surface area (Å²) < 4.78 is 88.3. The third-order valence-electron chi connectivity index (χ3n) is 23.7. The van der Waals surface area contributed by atoms with Crippen molar-refractivity contribution in [2.24, 2.45) is 35.5 Å². The number of hydrogen-bond acceptors (Lipinski definition) is 32. The number of piperidine rings is 1. The van der Waals surface area contributed by atoms with E-state index < -0.39 is 96.1 Å². The number of oxazole rings is 1. The number of hydrogen-bond donors (Lipinski definition) is 5. The Morgan fingerprint density at radius 1 is 0.688 bits per heavy atom. The molecule has 2 saturated heterocycles. The van der Waals surface area contributed by atoms with E-state index in [2.05, 4.69) is 24.9 Å². The lowest BCUT2D eigenvalue weighted by atomic mass is 9.78. The van der Waals surface area contributed by atoms with E-state index >= 15 is 0 Å². The van der Waals surface area contributed by atoms with Crippen molar-refractivity contribution in [3.63, 3.8) is 0 Å². The van der Waals surface area contributed by atoms with E-state index in [0.717, 1.165) is 16.7 Å². The summed E-state index contributed by atoms with van der Waals surface area (Å²) in [5, 5.41) is 41.3. The van der Waals surface area contributed by atoms with E-state index in [1.807, 2.05) is 70.2 Å². The van der Waals surface area contributed by atoms with Gasteiger partial charge in [-0.15, -0.1) is 0 Å². The summed E-state index contributed by atoms with van der Waals surface area (Å²) in [5.74, 6) is -7.35. The van der Waals surface area contributed by atoms with Crippen LogP contribution in [0.5, 0.6) is 0 Å². The zero-order chi connectivity index (χ0) is 89.8. The van der Waals surface area contributed by atoms with Gasteiger partial charge in [0, 0.05) is 114 Å². The van der Waals surface area contributed by atoms with Crippen LogP contribution in [0.4, 0.5) is 11.8 Å². The van der Waals surface area contributed by atoms with E-state index in [0.29, 0.717) is 222 Å². The molecule has 1 amide bonds. The topological polar surface area (TPSA) is 443 Å². The van der Waals surface area contributed by atoms with Gasteiger partial charge in [-0.1, -0.05) is 71.1 Å². The zero-order valence-electron chi connectivity index (χ0n) is 74.5. The summed E-state index contributed by atoms with van der Waals surface area (Å²) in [6.07, 6.45) is 16.2. The van der Waals surface area contributed by atoms with Gasteiger partial charge in [0.1, 0.15) is 65.4 Å². The number of aliphatic hydroxyl groups is 3. The van der Waals surface area contributed by atoms with E-state index in [1.54, 1.807) is 64.2 Å². The molecule has 1 aromatic carbocycles. The fourth-order valence-electron chi connectivity index (χ4n) is 16.3. The number of ether oxygens (including phenoxy) is 14. The van der Waals surface area contributed by atoms with Gasteiger partial charge in [-0.3, -0.25) is 24.0 Å². The highest BCUT2D eigenvalue weighted by atomic mass is 16.6. The Morgan fingerprint density at radius 2 is 1.34 bits per heavy atom. The number of fused-ring (bicyclic) bond motifs is 5. The standard InChI is InChI=1S/C91H134N10O24/c1-58-17-12-11-13-18-59(2)75(111-8)52-69-25-21-64(7)91(110,125-69)85(107)88(108)100-30-15-14-19-71(100)89(109)123-76(53-72(103)60(3)48-63(6)83(106)84(113-10)82(105)62(5)47-58)61(4)49-65-22-26-74(77(50-65)112-9)122-79(104)20-16-31-114-33-35-116-37-39-118-41-43-120-45-46-121-44-42-119-40-38-117-36-34-115-32-29-68(102)24-28-78-94-54-66(55-95-78)56-101-87-80(86(92)96-57-97-87)81(99-101)67-23-27-73-70(51-67)98-90(93)124-73/h11-13,17-18,23,27,48,51,54-55,57-58,60-62,64-65,69,71-72,74-77,83-84,103,106,110H,14-16,19-22,24-26,28-47,49-50,52-53,56H2,1-10H3,(H2,93,98)(H2,92,96,97)/b13-11+,17-12+,59-18+,63-48+/t58-,60-,61-,62-,64-,65+,69+,71+,72-,74-,75+,76+,77-,83-,84+,91-/m1/s1. The fraction of sp³-hybridized carbons (Fsp3) is 0.670. The highest BCUT2D eigenvalue weighted by Crippen LogP contribution is 2.40. The van der Waals surface area contributed by atoms with E-state index in [-0.39, 0.29) is 92.4 Å². The van der Waals surface area contributed by atoms with E-state index in [9.17, 15) is 44.1 Å². The lowest BCUT2D eigenvalue weighted by Crippen LogP contribution is -2.61. The van der Waals surface area contributed by atoms with Crippen molar-refractivity contribution in [3.8, 4) is 11.3 Å². The molecule has 9 rings (SSSR count). The molecule has 125 heavy (non-hydrogen) atoms. The number of Topliss-reactive ketones (excluding diaryl/α,β-unsaturated/α-hetero) is 3. The van der Waals surface area contributed by atoms with Crippen LogP contribution in [-0.2, 0) is 108 Å². The highest BCUT2D eigenvalue weighted by molar-refractivity contribution is 6.39. The molecule has 4 aliphatic rings. The van der Waals surface area contributed by atoms with Gasteiger partial charge in [-0.05, 0) is 132 Å². The average Bonchev–Trinajstić information content (AvgIpc) is 1.71. The van der Waals surface area contributed by atoms with Crippen molar-refractivity contribution >= 4 is 69.2 Å². The molecule has 1 aliphatic carbocycles. The minimum Gasteiger partial charge on any atom is -0.460 e. The molecule has 4 aromatic heterocycles. The van der Waals surface area contributed by atoms with Crippen LogP contribution in [0.1, 0.15) is 163 Å². The number of aliphatic hydroxyl groups excluding tert-OH is 2. The fourth-order valence-corrected chi connectivity index (χ4v) is 16.3. The van der Waals surface area contributed by atoms with Gasteiger partial charge in [0.05, 0.1) is 135 Å². The first kappa shape index (κ1) is 100. The summed E-state index contributed by atoms with van der Waals surface area (Å²) in [4.78, 5) is 107. The first-order valence-electron chi connectivity index (χ1n) is 44.2. The SMILES string of the molecule is CO[C@H]1C[C@@H]2CC[C@@H](C)[C@@](O)(O2)C(=O)C(=O)N2CCCC[C@H]2C(=O)O[C@H]([C@H](C)C[C@@H]2CC[C@@H](OC(=O)CCCOCCOCCOCCOCCOCCOCCOCCOCCC(=O)CCc3ncc(Cn4nc(-c5ccc6oc(N)nc6c5)c5c(N)ncnc54)cn3)[C@H](OC)C2)C[C@@H](O)[C@H](C)/C=C(\C)[C@@H](O)[C@@H](OC)C(=O)[C@H](C)C[C@H](C)/C=C/C=C/C=C/1C. The monoisotopic (exact) mass is 1750 g/mol. The van der Waals surface area contributed by atoms with Crippen LogP contribution in [0, 0.1) is 35.5 Å². The number of amides is 1. The molecule has 3 aliphatic heterocycles. The number of anilines is 2. The van der Waals surface area contributed by atoms with Gasteiger partial charge >= 0.3 is 11.9 Å². The van der Waals surface area contributed by atoms with Crippen molar-refractivity contribution in [1.82, 2.24) is 39.6 Å². The third-order valence-corrected chi connectivity index (χ3v) is 23.7. The number of allylic oxidation sites excluding steroid dienone is 5. The molecule has 34 nitrogen and oxygen atoms in total. The molecule has 1 saturated carbocycles. The van der Waals surface area contributed by atoms with Gasteiger partial charge in [0.15, 0.2) is 17.0 Å². The Balaban J connectivity index is 0.595. The number of aromatic nitrogens is 7. The quantitative estimate of drug-likeness (QED) is 0.0105. The first-order valence-corrected chi connectivity index (χ1v) is 44.2. The third kappa shape index (κ3) is 31.0. The molecule has 2 bridgehead atoms. The molecule has 16 atom stereocenters. The number of carbonyl (C=O) groups excluding carboxylic acids is 6. The second-order valence-corrected chi connectivity index (χ2v) is 33.3. The molecule has 34 heteroatoms. The van der Waals surface area contributed by atoms with Crippen LogP contribution in [0.15, 0.2) is 88.9 Å². The van der Waals surface area contributed by atoms with Crippen LogP contribution in [0.3, 0.4) is 0 Å².